The Kier molecular flexibility index (Phi) is 3.28. The van der Waals surface area contributed by atoms with Crippen molar-refractivity contribution in [3.8, 4) is 0 Å². The first kappa shape index (κ1) is 13.5. The van der Waals surface area contributed by atoms with Crippen LogP contribution in [0.15, 0.2) is 28.0 Å². The molecule has 100 valence electrons. The Bertz CT molecular complexity index is 698. The molecule has 0 amide bonds. The fourth-order valence-electron chi connectivity index (χ4n) is 1.88. The average molecular weight is 280 g/mol. The lowest BCUT2D eigenvalue weighted by atomic mass is 10.1. The quantitative estimate of drug-likeness (QED) is 0.615. The third kappa shape index (κ3) is 2.08. The van der Waals surface area contributed by atoms with Crippen molar-refractivity contribution >= 4 is 27.7 Å². The van der Waals surface area contributed by atoms with Gasteiger partial charge in [0.15, 0.2) is 0 Å². The summed E-state index contributed by atoms with van der Waals surface area (Å²) in [6, 6.07) is 4.75. The van der Waals surface area contributed by atoms with Gasteiger partial charge in [-0.3, -0.25) is 4.79 Å². The van der Waals surface area contributed by atoms with Gasteiger partial charge >= 0.3 is 5.97 Å². The molecular weight excluding hydrogens is 268 g/mol. The third-order valence-corrected chi connectivity index (χ3v) is 4.64. The summed E-state index contributed by atoms with van der Waals surface area (Å²) >= 11 is 0. The molecule has 0 saturated heterocycles. The lowest BCUT2D eigenvalue weighted by Crippen LogP contribution is -2.22. The van der Waals surface area contributed by atoms with Gasteiger partial charge in [-0.1, -0.05) is 12.1 Å². The van der Waals surface area contributed by atoms with Gasteiger partial charge in [-0.25, -0.2) is 13.2 Å². The number of esters is 1. The van der Waals surface area contributed by atoms with Crippen molar-refractivity contribution in [3.05, 3.63) is 34.2 Å². The van der Waals surface area contributed by atoms with E-state index in [1.54, 1.807) is 26.0 Å². The van der Waals surface area contributed by atoms with E-state index in [2.05, 4.69) is 4.74 Å². The summed E-state index contributed by atoms with van der Waals surface area (Å²) in [5.41, 5.74) is 1.18. The molecule has 19 heavy (non-hydrogen) atoms. The highest BCUT2D eigenvalue weighted by molar-refractivity contribution is 7.97. The van der Waals surface area contributed by atoms with Crippen molar-refractivity contribution in [3.63, 3.8) is 0 Å². The van der Waals surface area contributed by atoms with Crippen LogP contribution in [0.2, 0.25) is 0 Å². The number of hydrogen-bond donors (Lipinski definition) is 0. The first-order valence-electron chi connectivity index (χ1n) is 5.67. The number of benzene rings is 1. The number of Topliss-reactive ketones (excluding diaryl/α,β-unsaturated/α-hetero) is 1. The number of rotatable bonds is 3. The second-order valence-corrected chi connectivity index (χ2v) is 5.93. The standard InChI is InChI=1S/C13H12O5S/c1-3-18-13(15)12(14)11-7-9-8(2)5-4-6-10(9)19(11,16)17/h4-7H,3H2,1-2H3. The van der Waals surface area contributed by atoms with Gasteiger partial charge in [0, 0.05) is 0 Å². The van der Waals surface area contributed by atoms with E-state index in [-0.39, 0.29) is 11.5 Å². The lowest BCUT2D eigenvalue weighted by molar-refractivity contribution is -0.151. The Morgan fingerprint density at radius 1 is 1.26 bits per heavy atom. The van der Waals surface area contributed by atoms with Gasteiger partial charge in [0.1, 0.15) is 4.91 Å². The van der Waals surface area contributed by atoms with Gasteiger partial charge in [-0.15, -0.1) is 0 Å². The molecule has 1 aromatic carbocycles. The van der Waals surface area contributed by atoms with E-state index in [0.29, 0.717) is 5.56 Å². The normalized spacial score (nSPS) is 15.6. The van der Waals surface area contributed by atoms with Crippen LogP contribution in [0.5, 0.6) is 0 Å². The van der Waals surface area contributed by atoms with Gasteiger partial charge in [0.2, 0.25) is 9.84 Å². The van der Waals surface area contributed by atoms with Crippen LogP contribution < -0.4 is 0 Å². The molecule has 0 aliphatic carbocycles. The van der Waals surface area contributed by atoms with Crippen LogP contribution in [0.25, 0.3) is 6.08 Å². The van der Waals surface area contributed by atoms with E-state index in [1.807, 2.05) is 0 Å². The van der Waals surface area contributed by atoms with Crippen LogP contribution in [0.3, 0.4) is 0 Å². The summed E-state index contributed by atoms with van der Waals surface area (Å²) in [6.07, 6.45) is 1.24. The fourth-order valence-corrected chi connectivity index (χ4v) is 3.49. The molecule has 2 rings (SSSR count). The minimum atomic E-state index is -3.92. The largest absolute Gasteiger partial charge is 0.460 e. The molecule has 0 N–H and O–H groups in total. The topological polar surface area (TPSA) is 77.5 Å². The molecule has 0 spiro atoms. The number of ketones is 1. The van der Waals surface area contributed by atoms with Crippen molar-refractivity contribution in [2.75, 3.05) is 6.61 Å². The van der Waals surface area contributed by atoms with Crippen LogP contribution in [0.4, 0.5) is 0 Å². The second-order valence-electron chi connectivity index (χ2n) is 4.05. The summed E-state index contributed by atoms with van der Waals surface area (Å²) in [6.45, 7) is 3.30. The highest BCUT2D eigenvalue weighted by Crippen LogP contribution is 2.35. The van der Waals surface area contributed by atoms with Gasteiger partial charge < -0.3 is 4.74 Å². The first-order valence-corrected chi connectivity index (χ1v) is 7.15. The molecular formula is C13H12O5S. The number of hydrogen-bond acceptors (Lipinski definition) is 5. The zero-order chi connectivity index (χ0) is 14.2. The summed E-state index contributed by atoms with van der Waals surface area (Å²) in [7, 11) is -3.92. The molecule has 0 atom stereocenters. The minimum absolute atomic E-state index is 0.0177. The van der Waals surface area contributed by atoms with Gasteiger partial charge in [-0.2, -0.15) is 0 Å². The van der Waals surface area contributed by atoms with E-state index in [4.69, 9.17) is 0 Å². The van der Waals surface area contributed by atoms with Crippen LogP contribution >= 0.6 is 0 Å². The van der Waals surface area contributed by atoms with Crippen molar-refractivity contribution in [1.82, 2.24) is 0 Å². The average Bonchev–Trinajstić information content (AvgIpc) is 2.62. The molecule has 0 unspecified atom stereocenters. The zero-order valence-corrected chi connectivity index (χ0v) is 11.3. The second kappa shape index (κ2) is 4.62. The highest BCUT2D eigenvalue weighted by atomic mass is 32.2. The predicted octanol–water partition coefficient (Wildman–Crippen LogP) is 1.26. The zero-order valence-electron chi connectivity index (χ0n) is 10.5. The van der Waals surface area contributed by atoms with Crippen LogP contribution in [0, 0.1) is 6.92 Å². The van der Waals surface area contributed by atoms with E-state index in [9.17, 15) is 18.0 Å². The summed E-state index contributed by atoms with van der Waals surface area (Å²) in [5, 5.41) is 0. The molecule has 1 heterocycles. The molecule has 1 aromatic rings. The molecule has 0 fully saturated rings. The van der Waals surface area contributed by atoms with Crippen LogP contribution in [0.1, 0.15) is 18.1 Å². The van der Waals surface area contributed by atoms with E-state index in [1.165, 1.54) is 12.1 Å². The Hall–Kier alpha value is -1.95. The number of carbonyl (C=O) groups excluding carboxylic acids is 2. The highest BCUT2D eigenvalue weighted by Gasteiger charge is 2.38. The number of fused-ring (bicyclic) bond motifs is 1. The number of aryl methyl sites for hydroxylation is 1. The Morgan fingerprint density at radius 2 is 1.95 bits per heavy atom. The summed E-state index contributed by atoms with van der Waals surface area (Å²) < 4.78 is 28.9. The van der Waals surface area contributed by atoms with Crippen molar-refractivity contribution in [1.29, 1.82) is 0 Å². The molecule has 5 nitrogen and oxygen atoms in total. The maximum atomic E-state index is 12.2. The minimum Gasteiger partial charge on any atom is -0.460 e. The molecule has 0 aromatic heterocycles. The predicted molar refractivity (Wildman–Crippen MR) is 68.0 cm³/mol. The molecule has 0 radical (unpaired) electrons. The van der Waals surface area contributed by atoms with Crippen LogP contribution in [-0.4, -0.2) is 26.8 Å². The number of carbonyl (C=O) groups is 2. The molecule has 1 aliphatic rings. The van der Waals surface area contributed by atoms with Crippen LogP contribution in [-0.2, 0) is 24.2 Å². The SMILES string of the molecule is CCOC(=O)C(=O)C1=Cc2c(C)cccc2S1(=O)=O. The Morgan fingerprint density at radius 3 is 2.53 bits per heavy atom. The van der Waals surface area contributed by atoms with Crippen molar-refractivity contribution in [2.45, 2.75) is 18.7 Å². The fraction of sp³-hybridized carbons (Fsp3) is 0.231. The van der Waals surface area contributed by atoms with Gasteiger partial charge in [0.05, 0.1) is 11.5 Å². The van der Waals surface area contributed by atoms with Gasteiger partial charge in [-0.05, 0) is 37.1 Å². The molecule has 1 aliphatic heterocycles. The van der Waals surface area contributed by atoms with E-state index in [0.717, 1.165) is 5.56 Å². The first-order chi connectivity index (χ1) is 8.89. The van der Waals surface area contributed by atoms with Crippen molar-refractivity contribution in [2.24, 2.45) is 0 Å². The molecule has 6 heteroatoms. The van der Waals surface area contributed by atoms with E-state index >= 15 is 0 Å². The van der Waals surface area contributed by atoms with Gasteiger partial charge in [0.25, 0.3) is 5.78 Å². The summed E-state index contributed by atoms with van der Waals surface area (Å²) in [5.74, 6) is -2.28. The van der Waals surface area contributed by atoms with Crippen molar-refractivity contribution < 1.29 is 22.7 Å². The molecule has 0 bridgehead atoms. The Balaban J connectivity index is 2.52. The third-order valence-electron chi connectivity index (χ3n) is 2.82. The maximum absolute atomic E-state index is 12.2. The number of sulfone groups is 1. The number of ether oxygens (including phenoxy) is 1. The lowest BCUT2D eigenvalue weighted by Gasteiger charge is -2.03. The van der Waals surface area contributed by atoms with E-state index < -0.39 is 26.5 Å². The monoisotopic (exact) mass is 280 g/mol. The maximum Gasteiger partial charge on any atom is 0.380 e. The molecule has 0 saturated carbocycles. The Labute approximate surface area is 110 Å². The smallest absolute Gasteiger partial charge is 0.380 e. The summed E-state index contributed by atoms with van der Waals surface area (Å²) in [4.78, 5) is 22.7.